The number of carbonyl (C=O) groups is 3. The zero-order valence-electron chi connectivity index (χ0n) is 22.7. The highest BCUT2D eigenvalue weighted by molar-refractivity contribution is 5.99. The van der Waals surface area contributed by atoms with E-state index in [4.69, 9.17) is 5.21 Å². The minimum atomic E-state index is -0.998. The van der Waals surface area contributed by atoms with Crippen molar-refractivity contribution < 1.29 is 19.6 Å². The van der Waals surface area contributed by atoms with Gasteiger partial charge in [0.05, 0.1) is 0 Å². The first-order chi connectivity index (χ1) is 18.8. The van der Waals surface area contributed by atoms with E-state index in [1.807, 2.05) is 69.3 Å². The first-order valence-corrected chi connectivity index (χ1v) is 13.3. The highest BCUT2D eigenvalue weighted by atomic mass is 16.5. The summed E-state index contributed by atoms with van der Waals surface area (Å²) in [6.45, 7) is 6.70. The molecule has 1 unspecified atom stereocenters. The number of hydrogen-bond acceptors (Lipinski definition) is 7. The van der Waals surface area contributed by atoms with Gasteiger partial charge in [0.15, 0.2) is 0 Å². The van der Waals surface area contributed by atoms with Gasteiger partial charge >= 0.3 is 0 Å². The second kappa shape index (κ2) is 14.7. The van der Waals surface area contributed by atoms with Crippen LogP contribution in [0.3, 0.4) is 0 Å². The van der Waals surface area contributed by atoms with Gasteiger partial charge in [-0.25, -0.2) is 5.48 Å². The molecule has 1 atom stereocenters. The van der Waals surface area contributed by atoms with E-state index in [0.717, 1.165) is 35.1 Å². The first-order valence-electron chi connectivity index (χ1n) is 13.3. The fourth-order valence-corrected chi connectivity index (χ4v) is 4.31. The van der Waals surface area contributed by atoms with Gasteiger partial charge in [0, 0.05) is 31.6 Å². The van der Waals surface area contributed by atoms with Crippen molar-refractivity contribution in [2.45, 2.75) is 53.0 Å². The van der Waals surface area contributed by atoms with Crippen LogP contribution in [0.15, 0.2) is 48.5 Å². The van der Waals surface area contributed by atoms with Crippen LogP contribution in [-0.4, -0.2) is 61.5 Å². The number of H-pyrrole nitrogens is 1. The zero-order chi connectivity index (χ0) is 28.2. The van der Waals surface area contributed by atoms with Gasteiger partial charge in [-0.15, -0.1) is 10.2 Å². The maximum Gasteiger partial charge on any atom is 0.255 e. The second-order valence-electron chi connectivity index (χ2n) is 9.85. The Balaban J connectivity index is 1.69. The van der Waals surface area contributed by atoms with Crippen LogP contribution in [0.5, 0.6) is 0 Å². The third-order valence-electron chi connectivity index (χ3n) is 6.38. The second-order valence-corrected chi connectivity index (χ2v) is 9.85. The molecule has 0 fully saturated rings. The molecule has 1 heterocycles. The van der Waals surface area contributed by atoms with Crippen LogP contribution in [0.1, 0.15) is 52.0 Å². The van der Waals surface area contributed by atoms with Gasteiger partial charge in [0.2, 0.25) is 17.6 Å². The molecular weight excluding hydrogens is 498 g/mol. The van der Waals surface area contributed by atoms with Crippen LogP contribution in [-0.2, 0) is 20.9 Å². The number of amides is 3. The summed E-state index contributed by atoms with van der Waals surface area (Å²) in [4.78, 5) is 39.3. The quantitative estimate of drug-likeness (QED) is 0.140. The highest BCUT2D eigenvalue weighted by Crippen LogP contribution is 2.29. The highest BCUT2D eigenvalue weighted by Gasteiger charge is 2.27. The van der Waals surface area contributed by atoms with Crippen LogP contribution >= 0.6 is 0 Å². The minimum absolute atomic E-state index is 0.00413. The van der Waals surface area contributed by atoms with Crippen molar-refractivity contribution in [1.29, 1.82) is 0 Å². The standard InChI is InChI=1S/C28H37N7O4/c1-4-5-10-25(36)35(16-15-29-27(37)24(17-19(2)3)28(38)32-39)18-20-11-13-21(14-12-20)22-8-6-7-9-23(22)26-30-33-34-31-26/h6-9,11-14,19,24,39H,4-5,10,15-18H2,1-3H3,(H,29,37)(H,32,38)(H,30,31,33,34). The molecule has 0 aliphatic carbocycles. The molecule has 3 aromatic rings. The Kier molecular flexibility index (Phi) is 11.1. The number of nitrogens with zero attached hydrogens (tertiary/aromatic N) is 4. The third-order valence-corrected chi connectivity index (χ3v) is 6.38. The van der Waals surface area contributed by atoms with Crippen molar-refractivity contribution in [2.24, 2.45) is 11.8 Å². The largest absolute Gasteiger partial charge is 0.354 e. The molecule has 0 aliphatic rings. The van der Waals surface area contributed by atoms with E-state index >= 15 is 0 Å². The number of carbonyl (C=O) groups excluding carboxylic acids is 3. The molecule has 0 radical (unpaired) electrons. The molecule has 0 aliphatic heterocycles. The predicted octanol–water partition coefficient (Wildman–Crippen LogP) is 3.34. The van der Waals surface area contributed by atoms with Crippen molar-refractivity contribution in [3.05, 3.63) is 54.1 Å². The smallest absolute Gasteiger partial charge is 0.255 e. The number of hydrogen-bond donors (Lipinski definition) is 4. The minimum Gasteiger partial charge on any atom is -0.354 e. The summed E-state index contributed by atoms with van der Waals surface area (Å²) in [5.41, 5.74) is 5.33. The molecule has 3 rings (SSSR count). The van der Waals surface area contributed by atoms with Crippen LogP contribution in [0.2, 0.25) is 0 Å². The van der Waals surface area contributed by atoms with Gasteiger partial charge in [-0.05, 0) is 40.7 Å². The summed E-state index contributed by atoms with van der Waals surface area (Å²) in [6, 6.07) is 15.7. The van der Waals surface area contributed by atoms with Crippen LogP contribution in [0.4, 0.5) is 0 Å². The Morgan fingerprint density at radius 3 is 2.36 bits per heavy atom. The molecule has 1 aromatic heterocycles. The van der Waals surface area contributed by atoms with E-state index in [1.165, 1.54) is 0 Å². The molecule has 4 N–H and O–H groups in total. The van der Waals surface area contributed by atoms with Gasteiger partial charge < -0.3 is 10.2 Å². The van der Waals surface area contributed by atoms with Crippen molar-refractivity contribution in [2.75, 3.05) is 13.1 Å². The number of nitrogens with one attached hydrogen (secondary N) is 3. The maximum absolute atomic E-state index is 13.0. The first kappa shape index (κ1) is 29.4. The predicted molar refractivity (Wildman–Crippen MR) is 146 cm³/mol. The van der Waals surface area contributed by atoms with Crippen molar-refractivity contribution in [1.82, 2.24) is 36.3 Å². The molecule has 11 heteroatoms. The fraction of sp³-hybridized carbons (Fsp3) is 0.429. The monoisotopic (exact) mass is 535 g/mol. The van der Waals surface area contributed by atoms with Crippen molar-refractivity contribution in [3.8, 4) is 22.5 Å². The van der Waals surface area contributed by atoms with E-state index in [0.29, 0.717) is 31.8 Å². The van der Waals surface area contributed by atoms with Gasteiger partial charge in [-0.1, -0.05) is 75.7 Å². The zero-order valence-corrected chi connectivity index (χ0v) is 22.7. The van der Waals surface area contributed by atoms with Gasteiger partial charge in [-0.2, -0.15) is 5.21 Å². The lowest BCUT2D eigenvalue weighted by Crippen LogP contribution is -2.44. The summed E-state index contributed by atoms with van der Waals surface area (Å²) in [5, 5.41) is 26.1. The average molecular weight is 536 g/mol. The summed E-state index contributed by atoms with van der Waals surface area (Å²) in [6.07, 6.45) is 2.40. The summed E-state index contributed by atoms with van der Waals surface area (Å²) < 4.78 is 0. The van der Waals surface area contributed by atoms with Gasteiger partial charge in [-0.3, -0.25) is 19.6 Å². The molecule has 0 saturated carbocycles. The molecule has 0 spiro atoms. The summed E-state index contributed by atoms with van der Waals surface area (Å²) in [7, 11) is 0. The molecule has 0 saturated heterocycles. The molecule has 208 valence electrons. The molecule has 0 bridgehead atoms. The molecule has 39 heavy (non-hydrogen) atoms. The lowest BCUT2D eigenvalue weighted by molar-refractivity contribution is -0.141. The Morgan fingerprint density at radius 1 is 1.03 bits per heavy atom. The number of rotatable bonds is 14. The molecular formula is C28H37N7O4. The van der Waals surface area contributed by atoms with Crippen LogP contribution in [0, 0.1) is 11.8 Å². The fourth-order valence-electron chi connectivity index (χ4n) is 4.31. The normalized spacial score (nSPS) is 11.7. The lowest BCUT2D eigenvalue weighted by atomic mass is 9.95. The SMILES string of the molecule is CCCCC(=O)N(CCNC(=O)C(CC(C)C)C(=O)NO)Cc1ccc(-c2ccccc2-c2nn[nH]n2)cc1. The van der Waals surface area contributed by atoms with E-state index < -0.39 is 17.7 Å². The van der Waals surface area contributed by atoms with E-state index in [1.54, 1.807) is 10.4 Å². The average Bonchev–Trinajstić information content (AvgIpc) is 3.49. The summed E-state index contributed by atoms with van der Waals surface area (Å²) >= 11 is 0. The number of benzene rings is 2. The number of tetrazole rings is 1. The Hall–Kier alpha value is -4.12. The van der Waals surface area contributed by atoms with Crippen molar-refractivity contribution in [3.63, 3.8) is 0 Å². The maximum atomic E-state index is 13.0. The molecule has 11 nitrogen and oxygen atoms in total. The lowest BCUT2D eigenvalue weighted by Gasteiger charge is -2.24. The number of unbranched alkanes of at least 4 members (excludes halogenated alkanes) is 1. The van der Waals surface area contributed by atoms with E-state index in [-0.39, 0.29) is 18.4 Å². The van der Waals surface area contributed by atoms with E-state index in [9.17, 15) is 14.4 Å². The number of aromatic amines is 1. The molecule has 2 aromatic carbocycles. The number of hydroxylamine groups is 1. The van der Waals surface area contributed by atoms with E-state index in [2.05, 4.69) is 25.9 Å². The Bertz CT molecular complexity index is 1210. The molecule has 3 amide bonds. The van der Waals surface area contributed by atoms with Crippen molar-refractivity contribution >= 4 is 17.7 Å². The van der Waals surface area contributed by atoms with Crippen LogP contribution < -0.4 is 10.8 Å². The van der Waals surface area contributed by atoms with Gasteiger partial charge in [0.1, 0.15) is 5.92 Å². The Labute approximate surface area is 228 Å². The third kappa shape index (κ3) is 8.44. The summed E-state index contributed by atoms with van der Waals surface area (Å²) in [5.74, 6) is -1.60. The van der Waals surface area contributed by atoms with Gasteiger partial charge in [0.25, 0.3) is 5.91 Å². The number of aromatic nitrogens is 4. The Morgan fingerprint density at radius 2 is 1.74 bits per heavy atom. The van der Waals surface area contributed by atoms with Crippen LogP contribution in [0.25, 0.3) is 22.5 Å². The topological polar surface area (TPSA) is 153 Å².